The van der Waals surface area contributed by atoms with E-state index in [9.17, 15) is 14.0 Å². The number of rotatable bonds is 8. The van der Waals surface area contributed by atoms with Gasteiger partial charge < -0.3 is 10.1 Å². The van der Waals surface area contributed by atoms with Crippen molar-refractivity contribution in [2.24, 2.45) is 0 Å². The van der Waals surface area contributed by atoms with Gasteiger partial charge in [-0.3, -0.25) is 14.9 Å². The van der Waals surface area contributed by atoms with Crippen LogP contribution in [0.3, 0.4) is 0 Å². The van der Waals surface area contributed by atoms with Crippen molar-refractivity contribution >= 4 is 40.0 Å². The first-order chi connectivity index (χ1) is 14.0. The Morgan fingerprint density at radius 3 is 2.72 bits per heavy atom. The number of benzene rings is 1. The summed E-state index contributed by atoms with van der Waals surface area (Å²) in [5, 5.41) is 17.5. The molecule has 152 valence electrons. The molecule has 0 saturated carbocycles. The zero-order valence-corrected chi connectivity index (χ0v) is 17.1. The first-order valence-corrected chi connectivity index (χ1v) is 10.3. The van der Waals surface area contributed by atoms with Gasteiger partial charge in [0, 0.05) is 7.05 Å². The highest BCUT2D eigenvalue weighted by molar-refractivity contribution is 8.01. The minimum Gasteiger partial charge on any atom is -0.490 e. The lowest BCUT2D eigenvalue weighted by atomic mass is 10.3. The molecular formula is C17H17FN6O3S2. The normalized spacial score (nSPS) is 10.6. The molecule has 1 aromatic carbocycles. The summed E-state index contributed by atoms with van der Waals surface area (Å²) in [4.78, 5) is 24.0. The number of aromatic nitrogens is 4. The molecule has 2 aromatic heterocycles. The molecule has 29 heavy (non-hydrogen) atoms. The Hall–Kier alpha value is -2.99. The summed E-state index contributed by atoms with van der Waals surface area (Å²) < 4.78 is 20.6. The van der Waals surface area contributed by atoms with E-state index in [2.05, 4.69) is 25.9 Å². The van der Waals surface area contributed by atoms with Crippen LogP contribution in [0.5, 0.6) is 5.75 Å². The van der Waals surface area contributed by atoms with E-state index in [4.69, 9.17) is 4.74 Å². The molecule has 2 amide bonds. The summed E-state index contributed by atoms with van der Waals surface area (Å²) in [5.41, 5.74) is 0.640. The van der Waals surface area contributed by atoms with E-state index in [0.29, 0.717) is 16.6 Å². The summed E-state index contributed by atoms with van der Waals surface area (Å²) in [5.74, 6) is -0.537. The molecule has 0 saturated heterocycles. The number of nitrogens with zero attached hydrogens (tertiary/aromatic N) is 4. The second-order valence-electron chi connectivity index (χ2n) is 5.49. The first-order valence-electron chi connectivity index (χ1n) is 8.46. The standard InChI is InChI=1S/C17H17FN6O3S2/c1-3-27-12-8-24(11-6-4-10(18)5-7-11)23-14(12)15(26)20-16-21-22-17(29-16)28-9-13(25)19-2/h4-8H,3,9H2,1-2H3,(H,19,25)(H,20,21,26). The summed E-state index contributed by atoms with van der Waals surface area (Å²) >= 11 is 2.36. The van der Waals surface area contributed by atoms with E-state index in [0.717, 1.165) is 11.3 Å². The monoisotopic (exact) mass is 436 g/mol. The average Bonchev–Trinajstić information content (AvgIpc) is 3.34. The highest BCUT2D eigenvalue weighted by Gasteiger charge is 2.20. The number of halogens is 1. The number of anilines is 1. The Bertz CT molecular complexity index is 1010. The molecule has 3 rings (SSSR count). The molecule has 0 atom stereocenters. The topological polar surface area (TPSA) is 111 Å². The van der Waals surface area contributed by atoms with Crippen molar-refractivity contribution in [2.75, 3.05) is 24.7 Å². The van der Waals surface area contributed by atoms with Gasteiger partial charge in [-0.05, 0) is 31.2 Å². The molecule has 0 aliphatic carbocycles. The second kappa shape index (κ2) is 9.47. The number of carbonyl (C=O) groups excluding carboxylic acids is 2. The van der Waals surface area contributed by atoms with Crippen molar-refractivity contribution in [1.82, 2.24) is 25.3 Å². The lowest BCUT2D eigenvalue weighted by Crippen LogP contribution is -2.19. The molecule has 9 nitrogen and oxygen atoms in total. The number of amides is 2. The van der Waals surface area contributed by atoms with Gasteiger partial charge in [0.2, 0.25) is 11.0 Å². The van der Waals surface area contributed by atoms with Gasteiger partial charge in [0.15, 0.2) is 15.8 Å². The van der Waals surface area contributed by atoms with Gasteiger partial charge in [-0.2, -0.15) is 5.10 Å². The zero-order chi connectivity index (χ0) is 20.8. The lowest BCUT2D eigenvalue weighted by molar-refractivity contribution is -0.118. The van der Waals surface area contributed by atoms with Gasteiger partial charge in [0.05, 0.1) is 24.2 Å². The fourth-order valence-electron chi connectivity index (χ4n) is 2.18. The van der Waals surface area contributed by atoms with Gasteiger partial charge in [0.25, 0.3) is 5.91 Å². The number of thioether (sulfide) groups is 1. The molecule has 2 N–H and O–H groups in total. The van der Waals surface area contributed by atoms with E-state index in [1.165, 1.54) is 28.6 Å². The molecule has 0 bridgehead atoms. The summed E-state index contributed by atoms with van der Waals surface area (Å²) in [6.45, 7) is 2.13. The van der Waals surface area contributed by atoms with Crippen molar-refractivity contribution in [3.8, 4) is 11.4 Å². The van der Waals surface area contributed by atoms with Crippen LogP contribution >= 0.6 is 23.1 Å². The Morgan fingerprint density at radius 1 is 1.28 bits per heavy atom. The van der Waals surface area contributed by atoms with Crippen molar-refractivity contribution in [2.45, 2.75) is 11.3 Å². The summed E-state index contributed by atoms with van der Waals surface area (Å²) in [7, 11) is 1.55. The highest BCUT2D eigenvalue weighted by Crippen LogP contribution is 2.27. The Balaban J connectivity index is 1.75. The zero-order valence-electron chi connectivity index (χ0n) is 15.5. The number of hydrogen-bond donors (Lipinski definition) is 2. The molecule has 0 aliphatic rings. The molecule has 0 unspecified atom stereocenters. The first kappa shape index (κ1) is 20.7. The molecule has 2 heterocycles. The summed E-state index contributed by atoms with van der Waals surface area (Å²) in [6, 6.07) is 5.69. The van der Waals surface area contributed by atoms with Gasteiger partial charge in [-0.15, -0.1) is 10.2 Å². The fraction of sp³-hybridized carbons (Fsp3) is 0.235. The predicted octanol–water partition coefficient (Wildman–Crippen LogP) is 2.35. The minimum atomic E-state index is -0.520. The van der Waals surface area contributed by atoms with Crippen molar-refractivity contribution in [3.05, 3.63) is 42.0 Å². The smallest absolute Gasteiger partial charge is 0.281 e. The van der Waals surface area contributed by atoms with Crippen molar-refractivity contribution < 1.29 is 18.7 Å². The number of nitrogens with one attached hydrogen (secondary N) is 2. The van der Waals surface area contributed by atoms with E-state index in [1.807, 2.05) is 0 Å². The largest absolute Gasteiger partial charge is 0.490 e. The summed E-state index contributed by atoms with van der Waals surface area (Å²) in [6.07, 6.45) is 1.55. The number of hydrogen-bond acceptors (Lipinski definition) is 8. The van der Waals surface area contributed by atoms with E-state index in [1.54, 1.807) is 32.3 Å². The van der Waals surface area contributed by atoms with Crippen LogP contribution in [-0.2, 0) is 4.79 Å². The molecule has 0 spiro atoms. The minimum absolute atomic E-state index is 0.0611. The van der Waals surface area contributed by atoms with Crippen molar-refractivity contribution in [3.63, 3.8) is 0 Å². The van der Waals surface area contributed by atoms with Crippen LogP contribution in [-0.4, -0.2) is 51.2 Å². The van der Waals surface area contributed by atoms with Crippen LogP contribution < -0.4 is 15.4 Å². The number of ether oxygens (including phenoxy) is 1. The average molecular weight is 436 g/mol. The maximum absolute atomic E-state index is 13.1. The van der Waals surface area contributed by atoms with Gasteiger partial charge >= 0.3 is 0 Å². The molecule has 3 aromatic rings. The van der Waals surface area contributed by atoms with E-state index < -0.39 is 5.91 Å². The maximum atomic E-state index is 13.1. The number of carbonyl (C=O) groups is 2. The quantitative estimate of drug-likeness (QED) is 0.412. The third-order valence-corrected chi connectivity index (χ3v) is 5.49. The van der Waals surface area contributed by atoms with Crippen LogP contribution in [0.2, 0.25) is 0 Å². The van der Waals surface area contributed by atoms with Crippen molar-refractivity contribution in [1.29, 1.82) is 0 Å². The Labute approximate surface area is 173 Å². The third kappa shape index (κ3) is 5.29. The molecule has 0 radical (unpaired) electrons. The third-order valence-electron chi connectivity index (χ3n) is 3.52. The van der Waals surface area contributed by atoms with Crippen LogP contribution in [0.25, 0.3) is 5.69 Å². The van der Waals surface area contributed by atoms with Gasteiger partial charge in [0.1, 0.15) is 5.82 Å². The Kier molecular flexibility index (Phi) is 6.77. The SMILES string of the molecule is CCOc1cn(-c2ccc(F)cc2)nc1C(=O)Nc1nnc(SCC(=O)NC)s1. The van der Waals surface area contributed by atoms with E-state index >= 15 is 0 Å². The predicted molar refractivity (Wildman–Crippen MR) is 107 cm³/mol. The van der Waals surface area contributed by atoms with Crippen LogP contribution in [0.15, 0.2) is 34.8 Å². The molecule has 12 heteroatoms. The second-order valence-corrected chi connectivity index (χ2v) is 7.69. The van der Waals surface area contributed by atoms with E-state index in [-0.39, 0.29) is 34.1 Å². The highest BCUT2D eigenvalue weighted by atomic mass is 32.2. The Morgan fingerprint density at radius 2 is 2.03 bits per heavy atom. The lowest BCUT2D eigenvalue weighted by Gasteiger charge is -2.02. The molecule has 0 fully saturated rings. The molecule has 0 aliphatic heterocycles. The maximum Gasteiger partial charge on any atom is 0.281 e. The van der Waals surface area contributed by atoms with Crippen LogP contribution in [0, 0.1) is 5.82 Å². The van der Waals surface area contributed by atoms with Gasteiger partial charge in [-0.25, -0.2) is 9.07 Å². The van der Waals surface area contributed by atoms with Crippen LogP contribution in [0.4, 0.5) is 9.52 Å². The van der Waals surface area contributed by atoms with Crippen LogP contribution in [0.1, 0.15) is 17.4 Å². The molecular weight excluding hydrogens is 419 g/mol. The van der Waals surface area contributed by atoms with Gasteiger partial charge in [-0.1, -0.05) is 23.1 Å². The fourth-order valence-corrected chi connectivity index (χ4v) is 3.80.